The summed E-state index contributed by atoms with van der Waals surface area (Å²) in [7, 11) is 0. The van der Waals surface area contributed by atoms with Gasteiger partial charge >= 0.3 is 0 Å². The Morgan fingerprint density at radius 1 is 1.18 bits per heavy atom. The maximum Gasteiger partial charge on any atom is 0.222 e. The molecule has 2 N–H and O–H groups in total. The van der Waals surface area contributed by atoms with Crippen molar-refractivity contribution < 1.29 is 4.74 Å². The van der Waals surface area contributed by atoms with Gasteiger partial charge in [-0.3, -0.25) is 0 Å². The Hall–Kier alpha value is -1.94. The summed E-state index contributed by atoms with van der Waals surface area (Å²) in [6.45, 7) is 4.20. The minimum atomic E-state index is 0.444. The smallest absolute Gasteiger partial charge is 0.222 e. The SMILES string of the molecule is Cc1cc(Oc2ccccc2CN)nc(C)n1. The average Bonchev–Trinajstić information content (AvgIpc) is 2.28. The monoisotopic (exact) mass is 229 g/mol. The quantitative estimate of drug-likeness (QED) is 0.877. The lowest BCUT2D eigenvalue weighted by atomic mass is 10.2. The standard InChI is InChI=1S/C13H15N3O/c1-9-7-13(16-10(2)15-9)17-12-6-4-3-5-11(12)8-14/h3-7H,8,14H2,1-2H3. The van der Waals surface area contributed by atoms with Gasteiger partial charge in [-0.2, -0.15) is 4.98 Å². The number of nitrogens with two attached hydrogens (primary N) is 1. The molecule has 1 heterocycles. The Kier molecular flexibility index (Phi) is 3.35. The molecule has 88 valence electrons. The molecule has 0 aliphatic carbocycles. The Bertz CT molecular complexity index is 506. The van der Waals surface area contributed by atoms with E-state index < -0.39 is 0 Å². The number of para-hydroxylation sites is 1. The lowest BCUT2D eigenvalue weighted by Crippen LogP contribution is -2.01. The van der Waals surface area contributed by atoms with Crippen LogP contribution in [0.5, 0.6) is 11.6 Å². The topological polar surface area (TPSA) is 61.0 Å². The fraction of sp³-hybridized carbons (Fsp3) is 0.231. The molecule has 0 aliphatic heterocycles. The molecule has 0 unspecified atom stereocenters. The van der Waals surface area contributed by atoms with Crippen molar-refractivity contribution in [3.8, 4) is 11.6 Å². The van der Waals surface area contributed by atoms with Gasteiger partial charge in [-0.05, 0) is 19.9 Å². The number of nitrogens with zero attached hydrogens (tertiary/aromatic N) is 2. The van der Waals surface area contributed by atoms with E-state index in [9.17, 15) is 0 Å². The molecular weight excluding hydrogens is 214 g/mol. The molecule has 0 bridgehead atoms. The predicted octanol–water partition coefficient (Wildman–Crippen LogP) is 2.34. The van der Waals surface area contributed by atoms with Crippen LogP contribution < -0.4 is 10.5 Å². The summed E-state index contributed by atoms with van der Waals surface area (Å²) in [5, 5.41) is 0. The van der Waals surface area contributed by atoms with Crippen molar-refractivity contribution in [2.24, 2.45) is 5.73 Å². The fourth-order valence-corrected chi connectivity index (χ4v) is 1.62. The second-order valence-corrected chi connectivity index (χ2v) is 3.81. The van der Waals surface area contributed by atoms with Crippen molar-refractivity contribution in [3.05, 3.63) is 47.4 Å². The molecule has 0 saturated carbocycles. The van der Waals surface area contributed by atoms with Gasteiger partial charge in [-0.15, -0.1) is 0 Å². The van der Waals surface area contributed by atoms with Gasteiger partial charge in [0.2, 0.25) is 5.88 Å². The van der Waals surface area contributed by atoms with E-state index in [1.54, 1.807) is 6.07 Å². The Morgan fingerprint density at radius 3 is 2.65 bits per heavy atom. The van der Waals surface area contributed by atoms with Crippen molar-refractivity contribution >= 4 is 0 Å². The fourth-order valence-electron chi connectivity index (χ4n) is 1.62. The highest BCUT2D eigenvalue weighted by atomic mass is 16.5. The molecule has 1 aromatic heterocycles. The molecule has 0 saturated heterocycles. The zero-order valence-corrected chi connectivity index (χ0v) is 9.97. The van der Waals surface area contributed by atoms with Crippen LogP contribution >= 0.6 is 0 Å². The van der Waals surface area contributed by atoms with E-state index in [1.807, 2.05) is 38.1 Å². The highest BCUT2D eigenvalue weighted by Crippen LogP contribution is 2.23. The number of ether oxygens (including phenoxy) is 1. The van der Waals surface area contributed by atoms with Crippen LogP contribution in [0.4, 0.5) is 0 Å². The molecule has 4 nitrogen and oxygen atoms in total. The molecule has 0 amide bonds. The number of hydrogen-bond acceptors (Lipinski definition) is 4. The van der Waals surface area contributed by atoms with Gasteiger partial charge in [0, 0.05) is 23.9 Å². The van der Waals surface area contributed by atoms with E-state index in [-0.39, 0.29) is 0 Å². The zero-order valence-electron chi connectivity index (χ0n) is 9.97. The molecule has 0 radical (unpaired) electrons. The lowest BCUT2D eigenvalue weighted by molar-refractivity contribution is 0.453. The third-order valence-electron chi connectivity index (χ3n) is 2.35. The number of aryl methyl sites for hydroxylation is 2. The first kappa shape index (κ1) is 11.5. The molecule has 1 aromatic carbocycles. The Balaban J connectivity index is 2.31. The van der Waals surface area contributed by atoms with Crippen LogP contribution in [-0.4, -0.2) is 9.97 Å². The summed E-state index contributed by atoms with van der Waals surface area (Å²) >= 11 is 0. The minimum Gasteiger partial charge on any atom is -0.439 e. The normalized spacial score (nSPS) is 10.3. The van der Waals surface area contributed by atoms with E-state index in [1.165, 1.54) is 0 Å². The molecule has 0 aliphatic rings. The van der Waals surface area contributed by atoms with Gasteiger partial charge in [0.05, 0.1) is 0 Å². The van der Waals surface area contributed by atoms with Gasteiger partial charge in [0.25, 0.3) is 0 Å². The number of aromatic nitrogens is 2. The Morgan fingerprint density at radius 2 is 1.94 bits per heavy atom. The average molecular weight is 229 g/mol. The highest BCUT2D eigenvalue weighted by Gasteiger charge is 2.05. The molecule has 2 aromatic rings. The third kappa shape index (κ3) is 2.79. The van der Waals surface area contributed by atoms with Gasteiger partial charge in [-0.1, -0.05) is 18.2 Å². The van der Waals surface area contributed by atoms with E-state index in [0.29, 0.717) is 18.2 Å². The van der Waals surface area contributed by atoms with Crippen molar-refractivity contribution in [2.45, 2.75) is 20.4 Å². The first-order valence-electron chi connectivity index (χ1n) is 5.47. The van der Waals surface area contributed by atoms with E-state index in [4.69, 9.17) is 10.5 Å². The number of benzene rings is 1. The first-order valence-corrected chi connectivity index (χ1v) is 5.47. The van der Waals surface area contributed by atoms with Crippen LogP contribution in [0.3, 0.4) is 0 Å². The van der Waals surface area contributed by atoms with Crippen LogP contribution in [0.1, 0.15) is 17.1 Å². The molecule has 17 heavy (non-hydrogen) atoms. The second kappa shape index (κ2) is 4.93. The van der Waals surface area contributed by atoms with Crippen LogP contribution in [0.25, 0.3) is 0 Å². The van der Waals surface area contributed by atoms with Gasteiger partial charge in [0.1, 0.15) is 11.6 Å². The van der Waals surface area contributed by atoms with E-state index >= 15 is 0 Å². The van der Waals surface area contributed by atoms with Crippen molar-refractivity contribution in [1.82, 2.24) is 9.97 Å². The summed E-state index contributed by atoms with van der Waals surface area (Å²) < 4.78 is 5.73. The van der Waals surface area contributed by atoms with Crippen LogP contribution in [0, 0.1) is 13.8 Å². The van der Waals surface area contributed by atoms with E-state index in [0.717, 1.165) is 17.0 Å². The maximum atomic E-state index is 5.73. The molecule has 2 rings (SSSR count). The highest BCUT2D eigenvalue weighted by molar-refractivity contribution is 5.36. The van der Waals surface area contributed by atoms with Crippen LogP contribution in [0.2, 0.25) is 0 Å². The zero-order chi connectivity index (χ0) is 12.3. The molecule has 0 atom stereocenters. The number of hydrogen-bond donors (Lipinski definition) is 1. The first-order chi connectivity index (χ1) is 8.19. The molecule has 4 heteroatoms. The molecular formula is C13H15N3O. The molecule has 0 spiro atoms. The third-order valence-corrected chi connectivity index (χ3v) is 2.35. The summed E-state index contributed by atoms with van der Waals surface area (Å²) in [6, 6.07) is 9.48. The summed E-state index contributed by atoms with van der Waals surface area (Å²) in [5.41, 5.74) is 7.50. The van der Waals surface area contributed by atoms with Gasteiger partial charge < -0.3 is 10.5 Å². The van der Waals surface area contributed by atoms with Gasteiger partial charge in [0.15, 0.2) is 0 Å². The Labute approximate surface area is 100 Å². The second-order valence-electron chi connectivity index (χ2n) is 3.81. The van der Waals surface area contributed by atoms with Crippen LogP contribution in [-0.2, 0) is 6.54 Å². The van der Waals surface area contributed by atoms with Crippen molar-refractivity contribution in [2.75, 3.05) is 0 Å². The predicted molar refractivity (Wildman–Crippen MR) is 65.9 cm³/mol. The van der Waals surface area contributed by atoms with E-state index in [2.05, 4.69) is 9.97 Å². The summed E-state index contributed by atoms with van der Waals surface area (Å²) in [5.74, 6) is 1.99. The van der Waals surface area contributed by atoms with Crippen molar-refractivity contribution in [1.29, 1.82) is 0 Å². The summed E-state index contributed by atoms with van der Waals surface area (Å²) in [6.07, 6.45) is 0. The maximum absolute atomic E-state index is 5.73. The minimum absolute atomic E-state index is 0.444. The largest absolute Gasteiger partial charge is 0.439 e. The summed E-state index contributed by atoms with van der Waals surface area (Å²) in [4.78, 5) is 8.43. The molecule has 0 fully saturated rings. The number of rotatable bonds is 3. The van der Waals surface area contributed by atoms with Gasteiger partial charge in [-0.25, -0.2) is 4.98 Å². The van der Waals surface area contributed by atoms with Crippen LogP contribution in [0.15, 0.2) is 30.3 Å². The lowest BCUT2D eigenvalue weighted by Gasteiger charge is -2.09. The van der Waals surface area contributed by atoms with Crippen molar-refractivity contribution in [3.63, 3.8) is 0 Å².